The van der Waals surface area contributed by atoms with Gasteiger partial charge in [-0.1, -0.05) is 56.3 Å². The van der Waals surface area contributed by atoms with Crippen molar-refractivity contribution in [1.82, 2.24) is 0 Å². The van der Waals surface area contributed by atoms with E-state index in [2.05, 4.69) is 92.8 Å². The van der Waals surface area contributed by atoms with Crippen molar-refractivity contribution in [3.8, 4) is 0 Å². The molecule has 152 valence electrons. The molecule has 1 aliphatic rings. The lowest BCUT2D eigenvalue weighted by Gasteiger charge is -2.42. The normalized spacial score (nSPS) is 22.4. The van der Waals surface area contributed by atoms with Crippen molar-refractivity contribution < 1.29 is 10.1 Å². The molecule has 0 unspecified atom stereocenters. The number of benzene rings is 2. The molecule has 3 rings (SSSR count). The number of hydrogen-bond donors (Lipinski definition) is 1. The minimum Gasteiger partial charge on any atom is -0.378 e. The number of hydrogen-bond acceptors (Lipinski definition) is 2. The number of nitrogens with zero attached hydrogens (tertiary/aromatic N) is 1. The second-order valence-corrected chi connectivity index (χ2v) is 8.85. The van der Waals surface area contributed by atoms with Crippen LogP contribution >= 0.6 is 0 Å². The maximum atomic E-state index is 6.11. The molecule has 0 aliphatic carbocycles. The zero-order chi connectivity index (χ0) is 20.0. The topological polar surface area (TPSA) is 29.1 Å². The maximum absolute atomic E-state index is 6.11. The van der Waals surface area contributed by atoms with Gasteiger partial charge in [0.2, 0.25) is 0 Å². The van der Waals surface area contributed by atoms with Gasteiger partial charge in [0, 0.05) is 43.8 Å². The second kappa shape index (κ2) is 9.58. The van der Waals surface area contributed by atoms with Gasteiger partial charge in [0.15, 0.2) is 0 Å². The van der Waals surface area contributed by atoms with Gasteiger partial charge in [0.25, 0.3) is 0 Å². The van der Waals surface area contributed by atoms with Crippen LogP contribution in [0, 0.1) is 5.92 Å². The first-order chi connectivity index (χ1) is 13.5. The first-order valence-corrected chi connectivity index (χ1v) is 10.8. The van der Waals surface area contributed by atoms with Gasteiger partial charge in [-0.25, -0.2) is 0 Å². The Morgan fingerprint density at radius 3 is 2.43 bits per heavy atom. The van der Waals surface area contributed by atoms with Crippen LogP contribution < -0.4 is 10.2 Å². The molecule has 2 aromatic rings. The molecule has 0 radical (unpaired) electrons. The summed E-state index contributed by atoms with van der Waals surface area (Å²) in [5, 5.41) is 2.47. The Kier molecular flexibility index (Phi) is 7.14. The van der Waals surface area contributed by atoms with Crippen LogP contribution in [0.5, 0.6) is 0 Å². The molecule has 1 saturated heterocycles. The van der Waals surface area contributed by atoms with Crippen molar-refractivity contribution >= 4 is 5.69 Å². The monoisotopic (exact) mass is 381 g/mol. The Morgan fingerprint density at radius 1 is 1.07 bits per heavy atom. The Balaban J connectivity index is 1.62. The van der Waals surface area contributed by atoms with E-state index in [1.165, 1.54) is 23.2 Å². The van der Waals surface area contributed by atoms with Crippen LogP contribution in [-0.4, -0.2) is 33.4 Å². The van der Waals surface area contributed by atoms with Crippen LogP contribution in [0.1, 0.15) is 44.2 Å². The lowest BCUT2D eigenvalue weighted by atomic mass is 9.68. The van der Waals surface area contributed by atoms with Crippen LogP contribution in [0.3, 0.4) is 0 Å². The predicted octanol–water partition coefficient (Wildman–Crippen LogP) is 3.98. The predicted molar refractivity (Wildman–Crippen MR) is 118 cm³/mol. The molecule has 3 heteroatoms. The first kappa shape index (κ1) is 20.9. The third kappa shape index (κ3) is 5.15. The van der Waals surface area contributed by atoms with E-state index < -0.39 is 0 Å². The van der Waals surface area contributed by atoms with Crippen LogP contribution in [0.15, 0.2) is 54.6 Å². The van der Waals surface area contributed by atoms with Crippen LogP contribution in [0.2, 0.25) is 0 Å². The SMILES string of the molecule is CC(C)[C@H]1C[C@@](CC[NH2+]Cc2ccc(N(C)C)cc2)(c2ccccc2)CCO1. The van der Waals surface area contributed by atoms with Gasteiger partial charge in [-0.2, -0.15) is 0 Å². The smallest absolute Gasteiger partial charge is 0.101 e. The van der Waals surface area contributed by atoms with Gasteiger partial charge in [-0.15, -0.1) is 0 Å². The Morgan fingerprint density at radius 2 is 1.79 bits per heavy atom. The molecule has 0 spiro atoms. The molecule has 2 aromatic carbocycles. The summed E-state index contributed by atoms with van der Waals surface area (Å²) in [5.74, 6) is 0.572. The minimum absolute atomic E-state index is 0.250. The molecular formula is C25H37N2O+. The average molecular weight is 382 g/mol. The molecule has 2 atom stereocenters. The Labute approximate surface area is 171 Å². The quantitative estimate of drug-likeness (QED) is 0.701. The number of ether oxygens (including phenoxy) is 1. The number of anilines is 1. The summed E-state index contributed by atoms with van der Waals surface area (Å²) in [7, 11) is 4.17. The first-order valence-electron chi connectivity index (χ1n) is 10.8. The van der Waals surface area contributed by atoms with Gasteiger partial charge in [-0.3, -0.25) is 0 Å². The van der Waals surface area contributed by atoms with Crippen LogP contribution in [0.4, 0.5) is 5.69 Å². The largest absolute Gasteiger partial charge is 0.378 e. The highest BCUT2D eigenvalue weighted by molar-refractivity contribution is 5.45. The van der Waals surface area contributed by atoms with Crippen LogP contribution in [-0.2, 0) is 16.7 Å². The van der Waals surface area contributed by atoms with Crippen LogP contribution in [0.25, 0.3) is 0 Å². The van der Waals surface area contributed by atoms with Gasteiger partial charge in [0.05, 0.1) is 12.6 Å². The van der Waals surface area contributed by atoms with E-state index in [1.807, 2.05) is 0 Å². The van der Waals surface area contributed by atoms with Crippen molar-refractivity contribution in [2.75, 3.05) is 32.1 Å². The second-order valence-electron chi connectivity index (χ2n) is 8.85. The molecule has 0 aromatic heterocycles. The van der Waals surface area contributed by atoms with Crippen molar-refractivity contribution in [3.63, 3.8) is 0 Å². The lowest BCUT2D eigenvalue weighted by Crippen LogP contribution is -2.83. The highest BCUT2D eigenvalue weighted by Crippen LogP contribution is 2.41. The van der Waals surface area contributed by atoms with Gasteiger partial charge >= 0.3 is 0 Å². The van der Waals surface area contributed by atoms with E-state index in [-0.39, 0.29) is 5.41 Å². The fourth-order valence-corrected chi connectivity index (χ4v) is 4.38. The molecule has 1 heterocycles. The summed E-state index contributed by atoms with van der Waals surface area (Å²) in [4.78, 5) is 2.15. The number of nitrogens with two attached hydrogens (primary N) is 1. The highest BCUT2D eigenvalue weighted by Gasteiger charge is 2.39. The van der Waals surface area contributed by atoms with Crippen molar-refractivity contribution in [1.29, 1.82) is 0 Å². The van der Waals surface area contributed by atoms with E-state index in [0.717, 1.165) is 32.5 Å². The average Bonchev–Trinajstić information content (AvgIpc) is 2.72. The fraction of sp³-hybridized carbons (Fsp3) is 0.520. The summed E-state index contributed by atoms with van der Waals surface area (Å²) >= 11 is 0. The summed E-state index contributed by atoms with van der Waals surface area (Å²) in [6.45, 7) is 7.64. The van der Waals surface area contributed by atoms with E-state index in [4.69, 9.17) is 4.74 Å². The zero-order valence-corrected chi connectivity index (χ0v) is 18.0. The van der Waals surface area contributed by atoms with Gasteiger partial charge in [0.1, 0.15) is 6.54 Å². The van der Waals surface area contributed by atoms with Crippen molar-refractivity contribution in [3.05, 3.63) is 65.7 Å². The van der Waals surface area contributed by atoms with E-state index >= 15 is 0 Å². The minimum atomic E-state index is 0.250. The Hall–Kier alpha value is -1.84. The molecule has 0 bridgehead atoms. The van der Waals surface area contributed by atoms with Crippen molar-refractivity contribution in [2.45, 2.75) is 51.2 Å². The molecule has 0 amide bonds. The fourth-order valence-electron chi connectivity index (χ4n) is 4.38. The molecule has 1 fully saturated rings. The molecule has 1 aliphatic heterocycles. The maximum Gasteiger partial charge on any atom is 0.101 e. The molecule has 0 saturated carbocycles. The molecule has 3 nitrogen and oxygen atoms in total. The van der Waals surface area contributed by atoms with Gasteiger partial charge in [-0.05, 0) is 36.5 Å². The van der Waals surface area contributed by atoms with E-state index in [0.29, 0.717) is 12.0 Å². The number of rotatable bonds is 8. The summed E-state index contributed by atoms with van der Waals surface area (Å²) < 4.78 is 6.11. The molecular weight excluding hydrogens is 344 g/mol. The van der Waals surface area contributed by atoms with Crippen molar-refractivity contribution in [2.24, 2.45) is 5.92 Å². The third-order valence-electron chi connectivity index (χ3n) is 6.29. The lowest BCUT2D eigenvalue weighted by molar-refractivity contribution is -0.671. The number of quaternary nitrogens is 1. The highest BCUT2D eigenvalue weighted by atomic mass is 16.5. The summed E-state index contributed by atoms with van der Waals surface area (Å²) in [6.07, 6.45) is 3.85. The molecule has 28 heavy (non-hydrogen) atoms. The standard InChI is InChI=1S/C25H36N2O/c1-20(2)24-18-25(15-17-28-24,22-8-6-5-7-9-22)14-16-26-19-21-10-12-23(13-11-21)27(3)4/h5-13,20,24,26H,14-19H2,1-4H3/p+1/t24-,25+/m1/s1. The zero-order valence-electron chi connectivity index (χ0n) is 18.0. The van der Waals surface area contributed by atoms with E-state index in [9.17, 15) is 0 Å². The molecule has 2 N–H and O–H groups in total. The van der Waals surface area contributed by atoms with Gasteiger partial charge < -0.3 is 15.0 Å². The summed E-state index contributed by atoms with van der Waals surface area (Å²) in [6, 6.07) is 20.1. The summed E-state index contributed by atoms with van der Waals surface area (Å²) in [5.41, 5.74) is 4.40. The van der Waals surface area contributed by atoms with E-state index in [1.54, 1.807) is 0 Å². The third-order valence-corrected chi connectivity index (χ3v) is 6.29. The Bertz CT molecular complexity index is 711.